The molecule has 1 heterocycles. The number of halogens is 1. The van der Waals surface area contributed by atoms with Gasteiger partial charge in [0.15, 0.2) is 11.5 Å². The third-order valence-electron chi connectivity index (χ3n) is 3.31. The lowest BCUT2D eigenvalue weighted by molar-refractivity contribution is 0.241. The average molecular weight is 380 g/mol. The third-order valence-corrected chi connectivity index (χ3v) is 3.59. The molecule has 0 fully saturated rings. The molecule has 0 spiro atoms. The molecule has 2 amide bonds. The fraction of sp³-hybridized carbons (Fsp3) is 0.353. The highest BCUT2D eigenvalue weighted by Crippen LogP contribution is 2.36. The summed E-state index contributed by atoms with van der Waals surface area (Å²) in [6, 6.07) is 3.24. The Balaban J connectivity index is 1.77. The number of rotatable bonds is 9. The smallest absolute Gasteiger partial charge is 0.315 e. The number of anilines is 1. The van der Waals surface area contributed by atoms with Gasteiger partial charge in [0.25, 0.3) is 0 Å². The maximum atomic E-state index is 11.9. The Labute approximate surface area is 157 Å². The van der Waals surface area contributed by atoms with Gasteiger partial charge in [0.2, 0.25) is 0 Å². The van der Waals surface area contributed by atoms with Crippen LogP contribution in [0.1, 0.15) is 12.5 Å². The monoisotopic (exact) mass is 379 g/mol. The van der Waals surface area contributed by atoms with Gasteiger partial charge in [-0.15, -0.1) is 0 Å². The second-order valence-corrected chi connectivity index (χ2v) is 5.58. The molecule has 0 saturated carbocycles. The molecule has 0 aliphatic heterocycles. The number of nitrogens with zero attached hydrogens (tertiary/aromatic N) is 2. The molecule has 9 heteroatoms. The van der Waals surface area contributed by atoms with E-state index in [-0.39, 0.29) is 6.03 Å². The van der Waals surface area contributed by atoms with E-state index in [0.29, 0.717) is 48.6 Å². The van der Waals surface area contributed by atoms with Gasteiger partial charge < -0.3 is 25.4 Å². The van der Waals surface area contributed by atoms with E-state index in [0.717, 1.165) is 5.56 Å². The number of aromatic nitrogens is 2. The van der Waals surface area contributed by atoms with Crippen LogP contribution >= 0.6 is 11.6 Å². The predicted molar refractivity (Wildman–Crippen MR) is 99.9 cm³/mol. The molecule has 0 bridgehead atoms. The van der Waals surface area contributed by atoms with Crippen LogP contribution < -0.4 is 25.4 Å². The number of ether oxygens (including phenoxy) is 2. The molecule has 140 valence electrons. The standard InChI is InChI=1S/C17H22ClN5O3/c1-3-26-16-13(18)8-12(9-14(16)25-2)10-23-17(24)22-7-6-21-15-11-19-4-5-20-15/h4-5,8-9,11H,3,6-7,10H2,1-2H3,(H,20,21)(H2,22,23,24). The van der Waals surface area contributed by atoms with E-state index in [2.05, 4.69) is 25.9 Å². The highest BCUT2D eigenvalue weighted by atomic mass is 35.5. The molecule has 1 aromatic heterocycles. The minimum atomic E-state index is -0.282. The highest BCUT2D eigenvalue weighted by molar-refractivity contribution is 6.32. The molecule has 0 unspecified atom stereocenters. The zero-order valence-electron chi connectivity index (χ0n) is 14.7. The van der Waals surface area contributed by atoms with Gasteiger partial charge in [-0.05, 0) is 24.6 Å². The van der Waals surface area contributed by atoms with Crippen LogP contribution in [0.5, 0.6) is 11.5 Å². The summed E-state index contributed by atoms with van der Waals surface area (Å²) in [5.41, 5.74) is 0.808. The first-order valence-corrected chi connectivity index (χ1v) is 8.52. The number of urea groups is 1. The van der Waals surface area contributed by atoms with Crippen molar-refractivity contribution in [3.63, 3.8) is 0 Å². The SMILES string of the molecule is CCOc1c(Cl)cc(CNC(=O)NCCNc2cnccn2)cc1OC. The molecule has 0 saturated heterocycles. The first kappa shape index (κ1) is 19.6. The van der Waals surface area contributed by atoms with E-state index in [9.17, 15) is 4.79 Å². The van der Waals surface area contributed by atoms with Gasteiger partial charge >= 0.3 is 6.03 Å². The van der Waals surface area contributed by atoms with Crippen molar-refractivity contribution in [3.8, 4) is 11.5 Å². The Morgan fingerprint density at radius 1 is 1.23 bits per heavy atom. The van der Waals surface area contributed by atoms with Gasteiger partial charge in [-0.1, -0.05) is 11.6 Å². The summed E-state index contributed by atoms with van der Waals surface area (Å²) in [6.45, 7) is 3.64. The van der Waals surface area contributed by atoms with Crippen LogP contribution in [-0.4, -0.2) is 42.8 Å². The van der Waals surface area contributed by atoms with Crippen molar-refractivity contribution in [1.82, 2.24) is 20.6 Å². The van der Waals surface area contributed by atoms with Crippen LogP contribution in [-0.2, 0) is 6.54 Å². The first-order chi connectivity index (χ1) is 12.6. The lowest BCUT2D eigenvalue weighted by atomic mass is 10.2. The number of benzene rings is 1. The van der Waals surface area contributed by atoms with Crippen molar-refractivity contribution in [1.29, 1.82) is 0 Å². The van der Waals surface area contributed by atoms with Gasteiger partial charge in [-0.25, -0.2) is 9.78 Å². The van der Waals surface area contributed by atoms with Crippen LogP contribution in [0.4, 0.5) is 10.6 Å². The van der Waals surface area contributed by atoms with Crippen LogP contribution in [0.3, 0.4) is 0 Å². The van der Waals surface area contributed by atoms with Gasteiger partial charge in [-0.2, -0.15) is 0 Å². The maximum Gasteiger partial charge on any atom is 0.315 e. The molecule has 8 nitrogen and oxygen atoms in total. The van der Waals surface area contributed by atoms with Crippen molar-refractivity contribution < 1.29 is 14.3 Å². The van der Waals surface area contributed by atoms with Crippen LogP contribution in [0.25, 0.3) is 0 Å². The Hall–Kier alpha value is -2.74. The average Bonchev–Trinajstić information content (AvgIpc) is 2.66. The topological polar surface area (TPSA) is 97.4 Å². The second kappa shape index (κ2) is 10.3. The summed E-state index contributed by atoms with van der Waals surface area (Å²) in [7, 11) is 1.54. The zero-order valence-corrected chi connectivity index (χ0v) is 15.5. The molecule has 1 aromatic carbocycles. The number of methoxy groups -OCH3 is 1. The fourth-order valence-corrected chi connectivity index (χ4v) is 2.45. The molecular formula is C17H22ClN5O3. The van der Waals surface area contributed by atoms with Crippen LogP contribution in [0.2, 0.25) is 5.02 Å². The fourth-order valence-electron chi connectivity index (χ4n) is 2.16. The number of hydrogen-bond acceptors (Lipinski definition) is 6. The molecule has 0 radical (unpaired) electrons. The Morgan fingerprint density at radius 2 is 2.08 bits per heavy atom. The van der Waals surface area contributed by atoms with Gasteiger partial charge in [-0.3, -0.25) is 4.98 Å². The Morgan fingerprint density at radius 3 is 2.77 bits per heavy atom. The lowest BCUT2D eigenvalue weighted by Gasteiger charge is -2.14. The maximum absolute atomic E-state index is 11.9. The van der Waals surface area contributed by atoms with Crippen molar-refractivity contribution in [2.24, 2.45) is 0 Å². The third kappa shape index (κ3) is 5.96. The normalized spacial score (nSPS) is 10.1. The van der Waals surface area contributed by atoms with Crippen molar-refractivity contribution in [3.05, 3.63) is 41.3 Å². The van der Waals surface area contributed by atoms with Crippen molar-refractivity contribution in [2.45, 2.75) is 13.5 Å². The molecule has 0 aliphatic rings. The molecular weight excluding hydrogens is 358 g/mol. The summed E-state index contributed by atoms with van der Waals surface area (Å²) in [4.78, 5) is 19.9. The van der Waals surface area contributed by atoms with E-state index in [1.807, 2.05) is 6.92 Å². The number of nitrogens with one attached hydrogen (secondary N) is 3. The van der Waals surface area contributed by atoms with Crippen LogP contribution in [0.15, 0.2) is 30.7 Å². The van der Waals surface area contributed by atoms with E-state index in [4.69, 9.17) is 21.1 Å². The minimum Gasteiger partial charge on any atom is -0.493 e. The summed E-state index contributed by atoms with van der Waals surface area (Å²) in [6.07, 6.45) is 4.81. The number of carbonyl (C=O) groups is 1. The van der Waals surface area contributed by atoms with Crippen LogP contribution in [0, 0.1) is 0 Å². The summed E-state index contributed by atoms with van der Waals surface area (Å²) >= 11 is 6.22. The Bertz CT molecular complexity index is 715. The van der Waals surface area contributed by atoms with Gasteiger partial charge in [0, 0.05) is 32.0 Å². The molecule has 26 heavy (non-hydrogen) atoms. The molecule has 2 rings (SSSR count). The van der Waals surface area contributed by atoms with Crippen molar-refractivity contribution >= 4 is 23.4 Å². The second-order valence-electron chi connectivity index (χ2n) is 5.17. The van der Waals surface area contributed by atoms with Gasteiger partial charge in [0.1, 0.15) is 5.82 Å². The van der Waals surface area contributed by atoms with Crippen molar-refractivity contribution in [2.75, 3.05) is 32.1 Å². The Kier molecular flexibility index (Phi) is 7.75. The molecule has 3 N–H and O–H groups in total. The molecule has 0 aliphatic carbocycles. The number of carbonyl (C=O) groups excluding carboxylic acids is 1. The summed E-state index contributed by atoms with van der Waals surface area (Å²) in [5.74, 6) is 1.69. The summed E-state index contributed by atoms with van der Waals surface area (Å²) < 4.78 is 10.8. The lowest BCUT2D eigenvalue weighted by Crippen LogP contribution is -2.37. The minimum absolute atomic E-state index is 0.282. The molecule has 2 aromatic rings. The highest BCUT2D eigenvalue weighted by Gasteiger charge is 2.12. The van der Waals surface area contributed by atoms with E-state index in [1.54, 1.807) is 37.8 Å². The number of amides is 2. The summed E-state index contributed by atoms with van der Waals surface area (Å²) in [5, 5.41) is 9.01. The molecule has 0 atom stereocenters. The predicted octanol–water partition coefficient (Wildman–Crippen LogP) is 2.45. The van der Waals surface area contributed by atoms with E-state index < -0.39 is 0 Å². The van der Waals surface area contributed by atoms with E-state index >= 15 is 0 Å². The first-order valence-electron chi connectivity index (χ1n) is 8.14. The van der Waals surface area contributed by atoms with E-state index in [1.165, 1.54) is 0 Å². The largest absolute Gasteiger partial charge is 0.493 e. The zero-order chi connectivity index (χ0) is 18.8. The van der Waals surface area contributed by atoms with Gasteiger partial charge in [0.05, 0.1) is 24.9 Å². The number of hydrogen-bond donors (Lipinski definition) is 3. The quantitative estimate of drug-likeness (QED) is 0.579.